The summed E-state index contributed by atoms with van der Waals surface area (Å²) in [6.45, 7) is 3.89. The van der Waals surface area contributed by atoms with Gasteiger partial charge in [-0.2, -0.15) is 0 Å². The Balaban J connectivity index is 1.49. The Labute approximate surface area is 204 Å². The maximum Gasteiger partial charge on any atom is 0.261 e. The molecule has 0 amide bonds. The van der Waals surface area contributed by atoms with Crippen LogP contribution < -0.4 is 10.0 Å². The molecule has 7 heteroatoms. The van der Waals surface area contributed by atoms with Crippen LogP contribution in [0.1, 0.15) is 40.6 Å². The van der Waals surface area contributed by atoms with E-state index in [1.54, 1.807) is 18.2 Å². The smallest absolute Gasteiger partial charge is 0.261 e. The van der Waals surface area contributed by atoms with Crippen LogP contribution in [0.15, 0.2) is 71.6 Å². The molecule has 3 atom stereocenters. The number of benzene rings is 3. The molecule has 2 N–H and O–H groups in total. The van der Waals surface area contributed by atoms with Gasteiger partial charge >= 0.3 is 0 Å². The molecule has 5 rings (SSSR count). The quantitative estimate of drug-likeness (QED) is 0.372. The Kier molecular flexibility index (Phi) is 5.68. The van der Waals surface area contributed by atoms with Crippen molar-refractivity contribution >= 4 is 44.6 Å². The number of sulfonamides is 1. The van der Waals surface area contributed by atoms with Crippen molar-refractivity contribution in [3.05, 3.63) is 99.0 Å². The van der Waals surface area contributed by atoms with Crippen LogP contribution in [0, 0.1) is 19.8 Å². The minimum absolute atomic E-state index is 0.0584. The van der Waals surface area contributed by atoms with E-state index in [9.17, 15) is 8.42 Å². The molecule has 1 aliphatic heterocycles. The molecule has 1 aliphatic carbocycles. The Morgan fingerprint density at radius 2 is 1.79 bits per heavy atom. The van der Waals surface area contributed by atoms with Crippen molar-refractivity contribution in [3.63, 3.8) is 0 Å². The average molecular weight is 499 g/mol. The van der Waals surface area contributed by atoms with Crippen molar-refractivity contribution in [2.75, 3.05) is 10.0 Å². The van der Waals surface area contributed by atoms with Crippen LogP contribution in [0.2, 0.25) is 10.0 Å². The predicted molar refractivity (Wildman–Crippen MR) is 136 cm³/mol. The van der Waals surface area contributed by atoms with Crippen molar-refractivity contribution in [2.24, 2.45) is 5.92 Å². The lowest BCUT2D eigenvalue weighted by Crippen LogP contribution is -2.29. The van der Waals surface area contributed by atoms with Gasteiger partial charge in [-0.25, -0.2) is 8.42 Å². The van der Waals surface area contributed by atoms with E-state index in [4.69, 9.17) is 23.2 Å². The normalized spacial score (nSPS) is 21.3. The standard InChI is InChI=1S/C26H24Cl2N2O2S/c1-15-6-10-24(16(2)12-15)30-33(31,32)18-8-11-25-21(14-18)19-4-3-5-20(19)26(29-25)17-7-9-22(27)23(28)13-17/h3-4,6-14,19-20,26,29-30H,5H2,1-2H3/t19-,20-,26-/m0/s1. The highest BCUT2D eigenvalue weighted by Gasteiger charge is 2.38. The van der Waals surface area contributed by atoms with Crippen LogP contribution in [-0.2, 0) is 10.0 Å². The Morgan fingerprint density at radius 1 is 0.970 bits per heavy atom. The summed E-state index contributed by atoms with van der Waals surface area (Å²) >= 11 is 12.4. The van der Waals surface area contributed by atoms with Gasteiger partial charge in [-0.3, -0.25) is 4.72 Å². The summed E-state index contributed by atoms with van der Waals surface area (Å²) < 4.78 is 29.1. The van der Waals surface area contributed by atoms with Gasteiger partial charge < -0.3 is 5.32 Å². The molecule has 170 valence electrons. The van der Waals surface area contributed by atoms with Gasteiger partial charge in [0.2, 0.25) is 0 Å². The number of fused-ring (bicyclic) bond motifs is 3. The largest absolute Gasteiger partial charge is 0.378 e. The second-order valence-electron chi connectivity index (χ2n) is 8.82. The lowest BCUT2D eigenvalue weighted by atomic mass is 9.77. The number of nitrogens with one attached hydrogen (secondary N) is 2. The first kappa shape index (κ1) is 22.3. The van der Waals surface area contributed by atoms with Gasteiger partial charge in [0, 0.05) is 11.6 Å². The van der Waals surface area contributed by atoms with E-state index in [0.717, 1.165) is 34.4 Å². The van der Waals surface area contributed by atoms with E-state index < -0.39 is 10.0 Å². The summed E-state index contributed by atoms with van der Waals surface area (Å²) in [4.78, 5) is 0.259. The first-order valence-electron chi connectivity index (χ1n) is 10.8. The summed E-state index contributed by atoms with van der Waals surface area (Å²) in [6.07, 6.45) is 5.26. The summed E-state index contributed by atoms with van der Waals surface area (Å²) in [5, 5.41) is 4.68. The molecule has 1 heterocycles. The van der Waals surface area contributed by atoms with Gasteiger partial charge in [0.1, 0.15) is 0 Å². The van der Waals surface area contributed by atoms with Gasteiger partial charge in [-0.1, -0.05) is 59.1 Å². The molecule has 0 bridgehead atoms. The van der Waals surface area contributed by atoms with Crippen LogP contribution >= 0.6 is 23.2 Å². The van der Waals surface area contributed by atoms with Crippen molar-refractivity contribution in [2.45, 2.75) is 37.1 Å². The molecule has 2 aliphatic rings. The van der Waals surface area contributed by atoms with E-state index in [1.165, 1.54) is 0 Å². The average Bonchev–Trinajstić information content (AvgIpc) is 3.27. The van der Waals surface area contributed by atoms with E-state index in [1.807, 2.05) is 50.2 Å². The zero-order valence-electron chi connectivity index (χ0n) is 18.3. The molecule has 0 radical (unpaired) electrons. The highest BCUT2D eigenvalue weighted by Crippen LogP contribution is 2.50. The maximum atomic E-state index is 13.2. The molecular weight excluding hydrogens is 475 g/mol. The zero-order valence-corrected chi connectivity index (χ0v) is 20.6. The molecular formula is C26H24Cl2N2O2S. The molecule has 0 unspecified atom stereocenters. The van der Waals surface area contributed by atoms with E-state index in [2.05, 4.69) is 22.2 Å². The van der Waals surface area contributed by atoms with Crippen LogP contribution in [0.25, 0.3) is 0 Å². The fraction of sp³-hybridized carbons (Fsp3) is 0.231. The first-order chi connectivity index (χ1) is 15.7. The highest BCUT2D eigenvalue weighted by molar-refractivity contribution is 7.92. The van der Waals surface area contributed by atoms with E-state index in [0.29, 0.717) is 15.7 Å². The highest BCUT2D eigenvalue weighted by atomic mass is 35.5. The van der Waals surface area contributed by atoms with Gasteiger partial charge in [0.15, 0.2) is 0 Å². The lowest BCUT2D eigenvalue weighted by Gasteiger charge is -2.37. The monoisotopic (exact) mass is 498 g/mol. The molecule has 4 nitrogen and oxygen atoms in total. The topological polar surface area (TPSA) is 58.2 Å². The number of hydrogen-bond donors (Lipinski definition) is 2. The van der Waals surface area contributed by atoms with Crippen LogP contribution in [0.5, 0.6) is 0 Å². The predicted octanol–water partition coefficient (Wildman–Crippen LogP) is 7.24. The third kappa shape index (κ3) is 4.14. The van der Waals surface area contributed by atoms with Gasteiger partial charge in [0.25, 0.3) is 10.0 Å². The van der Waals surface area contributed by atoms with Gasteiger partial charge in [-0.15, -0.1) is 0 Å². The zero-order chi connectivity index (χ0) is 23.3. The molecule has 0 aromatic heterocycles. The van der Waals surface area contributed by atoms with Crippen LogP contribution in [-0.4, -0.2) is 8.42 Å². The molecule has 3 aromatic rings. The van der Waals surface area contributed by atoms with Crippen molar-refractivity contribution in [3.8, 4) is 0 Å². The van der Waals surface area contributed by atoms with Crippen LogP contribution in [0.3, 0.4) is 0 Å². The molecule has 0 spiro atoms. The fourth-order valence-corrected chi connectivity index (χ4v) is 6.38. The summed E-state index contributed by atoms with van der Waals surface area (Å²) in [5.74, 6) is 0.386. The minimum Gasteiger partial charge on any atom is -0.378 e. The summed E-state index contributed by atoms with van der Waals surface area (Å²) in [6, 6.07) is 16.8. The van der Waals surface area contributed by atoms with E-state index in [-0.39, 0.29) is 22.8 Å². The molecule has 0 saturated heterocycles. The number of aryl methyl sites for hydroxylation is 2. The fourth-order valence-electron chi connectivity index (χ4n) is 4.91. The SMILES string of the molecule is Cc1ccc(NS(=O)(=O)c2ccc3c(c2)[C@H]2C=CC[C@@H]2[C@H](c2ccc(Cl)c(Cl)c2)N3)c(C)c1. The number of halogens is 2. The third-order valence-electron chi connectivity index (χ3n) is 6.57. The van der Waals surface area contributed by atoms with Crippen molar-refractivity contribution in [1.82, 2.24) is 0 Å². The number of rotatable bonds is 4. The number of anilines is 2. The Morgan fingerprint density at radius 3 is 2.55 bits per heavy atom. The van der Waals surface area contributed by atoms with Crippen LogP contribution in [0.4, 0.5) is 11.4 Å². The second-order valence-corrected chi connectivity index (χ2v) is 11.3. The molecule has 0 fully saturated rings. The van der Waals surface area contributed by atoms with Gasteiger partial charge in [0.05, 0.1) is 26.7 Å². The maximum absolute atomic E-state index is 13.2. The third-order valence-corrected chi connectivity index (χ3v) is 8.68. The minimum atomic E-state index is -3.72. The van der Waals surface area contributed by atoms with Crippen molar-refractivity contribution < 1.29 is 8.42 Å². The number of hydrogen-bond acceptors (Lipinski definition) is 3. The van der Waals surface area contributed by atoms with Crippen molar-refractivity contribution in [1.29, 1.82) is 0 Å². The summed E-state index contributed by atoms with van der Waals surface area (Å²) in [7, 11) is -3.72. The molecule has 3 aromatic carbocycles. The van der Waals surface area contributed by atoms with Gasteiger partial charge in [-0.05, 0) is 79.3 Å². The molecule has 33 heavy (non-hydrogen) atoms. The summed E-state index contributed by atoms with van der Waals surface area (Å²) in [5.41, 5.74) is 5.57. The first-order valence-corrected chi connectivity index (χ1v) is 13.1. The lowest BCUT2D eigenvalue weighted by molar-refractivity contribution is 0.425. The Bertz CT molecular complexity index is 1390. The van der Waals surface area contributed by atoms with E-state index >= 15 is 0 Å². The Hall–Kier alpha value is -2.47. The second kappa shape index (κ2) is 8.39. The molecule has 0 saturated carbocycles. The number of allylic oxidation sites excluding steroid dienone is 2.